The number of rotatable bonds is 10. The Bertz CT molecular complexity index is 475. The van der Waals surface area contributed by atoms with Crippen LogP contribution in [0.5, 0.6) is 0 Å². The molecule has 1 aromatic carbocycles. The van der Waals surface area contributed by atoms with Gasteiger partial charge in [-0.05, 0) is 37.4 Å². The molecule has 1 aliphatic rings. The van der Waals surface area contributed by atoms with Crippen LogP contribution >= 0.6 is 0 Å². The number of ether oxygens (including phenoxy) is 1. The fourth-order valence-electron chi connectivity index (χ4n) is 3.01. The first-order chi connectivity index (χ1) is 11.7. The smallest absolute Gasteiger partial charge is 0.234 e. The van der Waals surface area contributed by atoms with Gasteiger partial charge in [-0.1, -0.05) is 25.1 Å². The van der Waals surface area contributed by atoms with Gasteiger partial charge in [0.25, 0.3) is 0 Å². The van der Waals surface area contributed by atoms with E-state index in [4.69, 9.17) is 4.74 Å². The molecule has 1 aromatic rings. The number of hydrogen-bond donors (Lipinski definition) is 1. The molecule has 0 aromatic heterocycles. The Morgan fingerprint density at radius 1 is 1.33 bits per heavy atom. The highest BCUT2D eigenvalue weighted by Crippen LogP contribution is 2.13. The molecule has 0 bridgehead atoms. The van der Waals surface area contributed by atoms with Crippen LogP contribution in [0.2, 0.25) is 0 Å². The molecule has 0 radical (unpaired) electrons. The van der Waals surface area contributed by atoms with Crippen molar-refractivity contribution in [1.82, 2.24) is 10.2 Å². The fraction of sp³-hybridized carbons (Fsp3) is 0.632. The van der Waals surface area contributed by atoms with Crippen LogP contribution in [0.1, 0.15) is 19.8 Å². The molecule has 1 atom stereocenters. The number of anilines is 1. The number of carbonyl (C=O) groups is 1. The van der Waals surface area contributed by atoms with E-state index >= 15 is 0 Å². The third-order valence-electron chi connectivity index (χ3n) is 4.54. The molecule has 5 nitrogen and oxygen atoms in total. The van der Waals surface area contributed by atoms with Crippen LogP contribution < -0.4 is 10.2 Å². The van der Waals surface area contributed by atoms with E-state index in [-0.39, 0.29) is 5.91 Å². The molecule has 5 heteroatoms. The Morgan fingerprint density at radius 3 is 2.79 bits per heavy atom. The Kier molecular flexibility index (Phi) is 8.05. The summed E-state index contributed by atoms with van der Waals surface area (Å²) in [5.74, 6) is 0.704. The largest absolute Gasteiger partial charge is 0.381 e. The highest BCUT2D eigenvalue weighted by molar-refractivity contribution is 5.77. The average Bonchev–Trinajstić information content (AvgIpc) is 3.11. The standard InChI is InChI=1S/C19H31N3O2/c1-3-22(14-17-10-13-24-16-17)15-19(23)20-11-7-12-21(2)18-8-5-4-6-9-18/h4-6,8-9,17H,3,7,10-16H2,1-2H3,(H,20,23). The van der Waals surface area contributed by atoms with Gasteiger partial charge in [-0.3, -0.25) is 9.69 Å². The summed E-state index contributed by atoms with van der Waals surface area (Å²) in [5, 5.41) is 3.04. The van der Waals surface area contributed by atoms with Crippen molar-refractivity contribution in [2.45, 2.75) is 19.8 Å². The van der Waals surface area contributed by atoms with Gasteiger partial charge in [0, 0.05) is 39.0 Å². The van der Waals surface area contributed by atoms with Crippen molar-refractivity contribution in [2.75, 3.05) is 57.9 Å². The van der Waals surface area contributed by atoms with E-state index < -0.39 is 0 Å². The number of nitrogens with zero attached hydrogens (tertiary/aromatic N) is 2. The molecule has 1 fully saturated rings. The summed E-state index contributed by atoms with van der Waals surface area (Å²) in [6.45, 7) is 7.81. The minimum atomic E-state index is 0.123. The van der Waals surface area contributed by atoms with Crippen LogP contribution in [0.3, 0.4) is 0 Å². The average molecular weight is 333 g/mol. The van der Waals surface area contributed by atoms with Crippen molar-refractivity contribution < 1.29 is 9.53 Å². The number of para-hydroxylation sites is 1. The van der Waals surface area contributed by atoms with Gasteiger partial charge in [0.15, 0.2) is 0 Å². The van der Waals surface area contributed by atoms with Gasteiger partial charge in [0.1, 0.15) is 0 Å². The molecule has 0 aliphatic carbocycles. The summed E-state index contributed by atoms with van der Waals surface area (Å²) < 4.78 is 5.41. The minimum absolute atomic E-state index is 0.123. The Labute approximate surface area is 146 Å². The van der Waals surface area contributed by atoms with Gasteiger partial charge in [-0.2, -0.15) is 0 Å². The lowest BCUT2D eigenvalue weighted by molar-refractivity contribution is -0.122. The normalized spacial score (nSPS) is 17.2. The van der Waals surface area contributed by atoms with Gasteiger partial charge in [0.2, 0.25) is 5.91 Å². The highest BCUT2D eigenvalue weighted by Gasteiger charge is 2.19. The first kappa shape index (κ1) is 18.7. The third kappa shape index (κ3) is 6.49. The van der Waals surface area contributed by atoms with Crippen molar-refractivity contribution >= 4 is 11.6 Å². The molecule has 0 saturated carbocycles. The van der Waals surface area contributed by atoms with Crippen LogP contribution in [0.25, 0.3) is 0 Å². The van der Waals surface area contributed by atoms with Crippen molar-refractivity contribution in [3.8, 4) is 0 Å². The number of hydrogen-bond acceptors (Lipinski definition) is 4. The molecule has 1 heterocycles. The second kappa shape index (κ2) is 10.3. The lowest BCUT2D eigenvalue weighted by Gasteiger charge is -2.23. The zero-order chi connectivity index (χ0) is 17.2. The zero-order valence-electron chi connectivity index (χ0n) is 15.0. The molecular weight excluding hydrogens is 302 g/mol. The molecule has 2 rings (SSSR count). The number of likely N-dealkylation sites (N-methyl/N-ethyl adjacent to an activating group) is 1. The van der Waals surface area contributed by atoms with Crippen LogP contribution in [0.15, 0.2) is 30.3 Å². The van der Waals surface area contributed by atoms with Crippen LogP contribution in [-0.2, 0) is 9.53 Å². The molecule has 1 amide bonds. The zero-order valence-corrected chi connectivity index (χ0v) is 15.0. The summed E-state index contributed by atoms with van der Waals surface area (Å²) in [7, 11) is 2.08. The Hall–Kier alpha value is -1.59. The molecule has 1 unspecified atom stereocenters. The predicted molar refractivity (Wildman–Crippen MR) is 98.4 cm³/mol. The number of benzene rings is 1. The summed E-state index contributed by atoms with van der Waals surface area (Å²) in [5.41, 5.74) is 1.21. The second-order valence-corrected chi connectivity index (χ2v) is 6.52. The van der Waals surface area contributed by atoms with E-state index in [1.165, 1.54) is 5.69 Å². The van der Waals surface area contributed by atoms with Gasteiger partial charge in [-0.25, -0.2) is 0 Å². The van der Waals surface area contributed by atoms with Crippen molar-refractivity contribution in [1.29, 1.82) is 0 Å². The number of carbonyl (C=O) groups excluding carboxylic acids is 1. The monoisotopic (exact) mass is 333 g/mol. The second-order valence-electron chi connectivity index (χ2n) is 6.52. The lowest BCUT2D eigenvalue weighted by atomic mass is 10.1. The van der Waals surface area contributed by atoms with E-state index in [9.17, 15) is 4.79 Å². The molecule has 1 N–H and O–H groups in total. The van der Waals surface area contributed by atoms with Crippen LogP contribution in [0, 0.1) is 5.92 Å². The Morgan fingerprint density at radius 2 is 2.12 bits per heavy atom. The number of amides is 1. The Balaban J connectivity index is 1.60. The summed E-state index contributed by atoms with van der Waals surface area (Å²) in [6.07, 6.45) is 2.06. The van der Waals surface area contributed by atoms with E-state index in [1.807, 2.05) is 18.2 Å². The molecule has 0 spiro atoms. The SMILES string of the molecule is CCN(CC(=O)NCCCN(C)c1ccccc1)CC1CCOC1. The van der Waals surface area contributed by atoms with Gasteiger partial charge in [0.05, 0.1) is 13.2 Å². The highest BCUT2D eigenvalue weighted by atomic mass is 16.5. The summed E-state index contributed by atoms with van der Waals surface area (Å²) in [4.78, 5) is 16.5. The van der Waals surface area contributed by atoms with Crippen molar-refractivity contribution in [2.24, 2.45) is 5.92 Å². The lowest BCUT2D eigenvalue weighted by Crippen LogP contribution is -2.40. The predicted octanol–water partition coefficient (Wildman–Crippen LogP) is 1.99. The van der Waals surface area contributed by atoms with Crippen LogP contribution in [-0.4, -0.2) is 63.8 Å². The first-order valence-electron chi connectivity index (χ1n) is 9.02. The van der Waals surface area contributed by atoms with E-state index in [0.717, 1.165) is 52.2 Å². The maximum absolute atomic E-state index is 12.1. The van der Waals surface area contributed by atoms with Gasteiger partial charge in [-0.15, -0.1) is 0 Å². The molecule has 1 aliphatic heterocycles. The van der Waals surface area contributed by atoms with Crippen molar-refractivity contribution in [3.05, 3.63) is 30.3 Å². The van der Waals surface area contributed by atoms with E-state index in [1.54, 1.807) is 0 Å². The molecule has 24 heavy (non-hydrogen) atoms. The molecule has 134 valence electrons. The summed E-state index contributed by atoms with van der Waals surface area (Å²) in [6, 6.07) is 10.3. The van der Waals surface area contributed by atoms with Gasteiger partial charge < -0.3 is 15.0 Å². The summed E-state index contributed by atoms with van der Waals surface area (Å²) >= 11 is 0. The topological polar surface area (TPSA) is 44.8 Å². The molecule has 1 saturated heterocycles. The van der Waals surface area contributed by atoms with Gasteiger partial charge >= 0.3 is 0 Å². The maximum Gasteiger partial charge on any atom is 0.234 e. The number of nitrogens with one attached hydrogen (secondary N) is 1. The van der Waals surface area contributed by atoms with E-state index in [2.05, 4.69) is 41.2 Å². The van der Waals surface area contributed by atoms with Crippen LogP contribution in [0.4, 0.5) is 5.69 Å². The van der Waals surface area contributed by atoms with E-state index in [0.29, 0.717) is 12.5 Å². The minimum Gasteiger partial charge on any atom is -0.381 e. The fourth-order valence-corrected chi connectivity index (χ4v) is 3.01. The third-order valence-corrected chi connectivity index (χ3v) is 4.54. The quantitative estimate of drug-likeness (QED) is 0.665. The maximum atomic E-state index is 12.1. The molecular formula is C19H31N3O2. The first-order valence-corrected chi connectivity index (χ1v) is 9.02. The van der Waals surface area contributed by atoms with Crippen molar-refractivity contribution in [3.63, 3.8) is 0 Å².